The summed E-state index contributed by atoms with van der Waals surface area (Å²) in [6.45, 7) is 13.8. The minimum atomic E-state index is -0.665. The van der Waals surface area contributed by atoms with Gasteiger partial charge in [-0.3, -0.25) is 10.1 Å². The second-order valence-electron chi connectivity index (χ2n) is 5.90. The molecule has 1 unspecified atom stereocenters. The smallest absolute Gasteiger partial charge is 0.326 e. The van der Waals surface area contributed by atoms with Crippen LogP contribution in [0.15, 0.2) is 0 Å². The number of hydrogen-bond donors (Lipinski definition) is 1. The molecule has 0 saturated carbocycles. The van der Waals surface area contributed by atoms with Crippen molar-refractivity contribution in [1.82, 2.24) is 5.32 Å². The Morgan fingerprint density at radius 1 is 1.21 bits per heavy atom. The van der Waals surface area contributed by atoms with Gasteiger partial charge in [0.2, 0.25) is 0 Å². The molecule has 0 aliphatic carbocycles. The van der Waals surface area contributed by atoms with Crippen LogP contribution in [0.4, 0.5) is 0 Å². The summed E-state index contributed by atoms with van der Waals surface area (Å²) >= 11 is 0. The molecule has 0 radical (unpaired) electrons. The van der Waals surface area contributed by atoms with Gasteiger partial charge in [0.15, 0.2) is 0 Å². The van der Waals surface area contributed by atoms with Crippen LogP contribution >= 0.6 is 0 Å². The van der Waals surface area contributed by atoms with Crippen molar-refractivity contribution in [2.75, 3.05) is 19.8 Å². The van der Waals surface area contributed by atoms with Crippen LogP contribution in [0.3, 0.4) is 0 Å². The molecule has 1 N–H and O–H groups in total. The summed E-state index contributed by atoms with van der Waals surface area (Å²) in [6, 6.07) is 0.227. The molecule has 0 fully saturated rings. The Morgan fingerprint density at radius 2 is 1.84 bits per heavy atom. The number of nitrogens with one attached hydrogen (secondary N) is 1. The number of ether oxygens (including phenoxy) is 2. The zero-order chi connectivity index (χ0) is 14.9. The van der Waals surface area contributed by atoms with Gasteiger partial charge in [0.25, 0.3) is 0 Å². The summed E-state index contributed by atoms with van der Waals surface area (Å²) in [5.41, 5.74) is -0.665. The lowest BCUT2D eigenvalue weighted by molar-refractivity contribution is -0.151. The number of carbonyl (C=O) groups excluding carboxylic acids is 1. The number of rotatable bonds is 10. The Hall–Kier alpha value is -0.610. The van der Waals surface area contributed by atoms with E-state index in [0.717, 1.165) is 13.0 Å². The van der Waals surface area contributed by atoms with E-state index in [1.165, 1.54) is 0 Å². The van der Waals surface area contributed by atoms with E-state index in [1.807, 2.05) is 27.7 Å². The maximum atomic E-state index is 12.0. The minimum Gasteiger partial charge on any atom is -0.465 e. The van der Waals surface area contributed by atoms with Crippen molar-refractivity contribution < 1.29 is 14.3 Å². The molecule has 114 valence electrons. The van der Waals surface area contributed by atoms with Crippen molar-refractivity contribution in [3.8, 4) is 0 Å². The van der Waals surface area contributed by atoms with Crippen LogP contribution in [-0.4, -0.2) is 37.4 Å². The summed E-state index contributed by atoms with van der Waals surface area (Å²) in [5.74, 6) is 0.446. The lowest BCUT2D eigenvalue weighted by atomic mass is 9.97. The zero-order valence-electron chi connectivity index (χ0n) is 13.4. The van der Waals surface area contributed by atoms with Crippen molar-refractivity contribution >= 4 is 5.97 Å². The molecule has 4 heteroatoms. The highest BCUT2D eigenvalue weighted by Gasteiger charge is 2.34. The molecule has 0 aromatic carbocycles. The van der Waals surface area contributed by atoms with E-state index in [-0.39, 0.29) is 12.0 Å². The Bertz CT molecular complexity index is 254. The van der Waals surface area contributed by atoms with Gasteiger partial charge in [0.1, 0.15) is 5.54 Å². The van der Waals surface area contributed by atoms with Crippen molar-refractivity contribution in [2.24, 2.45) is 5.92 Å². The fourth-order valence-corrected chi connectivity index (χ4v) is 1.86. The molecule has 0 aliphatic heterocycles. The molecule has 0 aliphatic rings. The van der Waals surface area contributed by atoms with Gasteiger partial charge in [0, 0.05) is 19.3 Å². The van der Waals surface area contributed by atoms with Gasteiger partial charge >= 0.3 is 5.97 Å². The molecule has 4 nitrogen and oxygen atoms in total. The van der Waals surface area contributed by atoms with Gasteiger partial charge < -0.3 is 9.47 Å². The van der Waals surface area contributed by atoms with E-state index in [0.29, 0.717) is 25.6 Å². The molecule has 1 atom stereocenters. The number of esters is 1. The van der Waals surface area contributed by atoms with E-state index in [9.17, 15) is 4.79 Å². The highest BCUT2D eigenvalue weighted by Crippen LogP contribution is 2.14. The third-order valence-corrected chi connectivity index (χ3v) is 2.92. The van der Waals surface area contributed by atoms with E-state index >= 15 is 0 Å². The largest absolute Gasteiger partial charge is 0.465 e. The van der Waals surface area contributed by atoms with Gasteiger partial charge in [-0.1, -0.05) is 13.8 Å². The third-order valence-electron chi connectivity index (χ3n) is 2.92. The van der Waals surface area contributed by atoms with E-state index < -0.39 is 5.54 Å². The SMILES string of the molecule is CCOC(=O)C(C)(CCOCCC(C)C)NC(C)C. The first-order valence-electron chi connectivity index (χ1n) is 7.34. The molecule has 0 bridgehead atoms. The summed E-state index contributed by atoms with van der Waals surface area (Å²) in [7, 11) is 0. The average molecular weight is 273 g/mol. The van der Waals surface area contributed by atoms with Crippen molar-refractivity contribution in [1.29, 1.82) is 0 Å². The van der Waals surface area contributed by atoms with Gasteiger partial charge in [-0.2, -0.15) is 0 Å². The third kappa shape index (κ3) is 8.22. The van der Waals surface area contributed by atoms with Gasteiger partial charge in [-0.05, 0) is 46.5 Å². The van der Waals surface area contributed by atoms with Gasteiger partial charge in [-0.15, -0.1) is 0 Å². The molecule has 0 rings (SSSR count). The van der Waals surface area contributed by atoms with Crippen molar-refractivity contribution in [3.63, 3.8) is 0 Å². The monoisotopic (exact) mass is 273 g/mol. The predicted octanol–water partition coefficient (Wildman–Crippen LogP) is 2.76. The predicted molar refractivity (Wildman–Crippen MR) is 78.2 cm³/mol. The fraction of sp³-hybridized carbons (Fsp3) is 0.933. The normalized spacial score (nSPS) is 14.7. The molecule has 19 heavy (non-hydrogen) atoms. The van der Waals surface area contributed by atoms with Crippen LogP contribution in [0, 0.1) is 5.92 Å². The molecule has 0 spiro atoms. The zero-order valence-corrected chi connectivity index (χ0v) is 13.4. The first kappa shape index (κ1) is 18.4. The second kappa shape index (κ2) is 9.32. The van der Waals surface area contributed by atoms with Crippen LogP contribution in [0.1, 0.15) is 54.4 Å². The summed E-state index contributed by atoms with van der Waals surface area (Å²) in [6.07, 6.45) is 1.68. The first-order chi connectivity index (χ1) is 8.81. The van der Waals surface area contributed by atoms with Crippen LogP contribution in [-0.2, 0) is 14.3 Å². The Kier molecular flexibility index (Phi) is 9.02. The molecular weight excluding hydrogens is 242 g/mol. The molecule has 0 aromatic heterocycles. The van der Waals surface area contributed by atoms with Gasteiger partial charge in [-0.25, -0.2) is 0 Å². The summed E-state index contributed by atoms with van der Waals surface area (Å²) < 4.78 is 10.7. The van der Waals surface area contributed by atoms with Crippen LogP contribution in [0.2, 0.25) is 0 Å². The quantitative estimate of drug-likeness (QED) is 0.491. The van der Waals surface area contributed by atoms with Gasteiger partial charge in [0.05, 0.1) is 6.61 Å². The Labute approximate surface area is 118 Å². The Morgan fingerprint density at radius 3 is 2.32 bits per heavy atom. The van der Waals surface area contributed by atoms with E-state index in [4.69, 9.17) is 9.47 Å². The van der Waals surface area contributed by atoms with Crippen molar-refractivity contribution in [2.45, 2.75) is 66.0 Å². The molecular formula is C15H31NO3. The fourth-order valence-electron chi connectivity index (χ4n) is 1.86. The van der Waals surface area contributed by atoms with E-state index in [1.54, 1.807) is 0 Å². The standard InChI is InChI=1S/C15H31NO3/c1-7-19-14(17)15(6,16-13(4)5)9-11-18-10-8-12(2)3/h12-13,16H,7-11H2,1-6H3. The lowest BCUT2D eigenvalue weighted by Gasteiger charge is -2.30. The van der Waals surface area contributed by atoms with E-state index in [2.05, 4.69) is 19.2 Å². The highest BCUT2D eigenvalue weighted by molar-refractivity contribution is 5.80. The van der Waals surface area contributed by atoms with Crippen LogP contribution in [0.25, 0.3) is 0 Å². The minimum absolute atomic E-state index is 0.198. The maximum absolute atomic E-state index is 12.0. The second-order valence-corrected chi connectivity index (χ2v) is 5.90. The Balaban J connectivity index is 4.23. The molecule has 0 aromatic rings. The summed E-state index contributed by atoms with van der Waals surface area (Å²) in [5, 5.41) is 3.29. The summed E-state index contributed by atoms with van der Waals surface area (Å²) in [4.78, 5) is 12.0. The maximum Gasteiger partial charge on any atom is 0.326 e. The van der Waals surface area contributed by atoms with Crippen molar-refractivity contribution in [3.05, 3.63) is 0 Å². The first-order valence-corrected chi connectivity index (χ1v) is 7.34. The lowest BCUT2D eigenvalue weighted by Crippen LogP contribution is -2.53. The molecule has 0 amide bonds. The highest BCUT2D eigenvalue weighted by atomic mass is 16.5. The molecule has 0 saturated heterocycles. The van der Waals surface area contributed by atoms with Crippen LogP contribution in [0.5, 0.6) is 0 Å². The average Bonchev–Trinajstić information content (AvgIpc) is 2.27. The number of carbonyl (C=O) groups is 1. The number of hydrogen-bond acceptors (Lipinski definition) is 4. The topological polar surface area (TPSA) is 47.6 Å². The molecule has 0 heterocycles. The van der Waals surface area contributed by atoms with Crippen LogP contribution < -0.4 is 5.32 Å².